The number of hydrogen-bond donors (Lipinski definition) is 0. The molecule has 0 aromatic heterocycles. The van der Waals surface area contributed by atoms with Crippen LogP contribution in [-0.4, -0.2) is 35.3 Å². The van der Waals surface area contributed by atoms with Crippen molar-refractivity contribution in [3.05, 3.63) is 95.3 Å². The van der Waals surface area contributed by atoms with E-state index in [-0.39, 0.29) is 24.4 Å². The minimum atomic E-state index is -0.974. The minimum absolute atomic E-state index is 0.134. The Kier molecular flexibility index (Phi) is 6.72. The van der Waals surface area contributed by atoms with E-state index in [4.69, 9.17) is 4.74 Å². The molecule has 1 atom stereocenters. The molecule has 0 bridgehead atoms. The summed E-state index contributed by atoms with van der Waals surface area (Å²) in [6, 6.07) is 18.5. The van der Waals surface area contributed by atoms with Gasteiger partial charge in [-0.25, -0.2) is 9.29 Å². The van der Waals surface area contributed by atoms with Crippen molar-refractivity contribution >= 4 is 23.4 Å². The average Bonchev–Trinajstić information content (AvgIpc) is 3.13. The standard InChI is InChI=1S/C27H25FN2O4/c1-3-34-23-14-12-22(13-15-23)30-25(31)16-24(27(30)33)29(17-19-6-4-18(2)5-7-19)26(32)20-8-10-21(28)11-9-20/h4-15,24H,3,16-17H2,1-2H3. The topological polar surface area (TPSA) is 66.9 Å². The number of hydrogen-bond acceptors (Lipinski definition) is 4. The Morgan fingerprint density at radius 1 is 1.00 bits per heavy atom. The number of carbonyl (C=O) groups excluding carboxylic acids is 3. The van der Waals surface area contributed by atoms with E-state index >= 15 is 0 Å². The summed E-state index contributed by atoms with van der Waals surface area (Å²) >= 11 is 0. The van der Waals surface area contributed by atoms with Gasteiger partial charge in [0.2, 0.25) is 5.91 Å². The Hall–Kier alpha value is -4.00. The van der Waals surface area contributed by atoms with Crippen LogP contribution in [0, 0.1) is 12.7 Å². The van der Waals surface area contributed by atoms with Gasteiger partial charge in [0.1, 0.15) is 17.6 Å². The first kappa shape index (κ1) is 23.2. The fourth-order valence-corrected chi connectivity index (χ4v) is 3.96. The number of nitrogens with zero attached hydrogens (tertiary/aromatic N) is 2. The fourth-order valence-electron chi connectivity index (χ4n) is 3.96. The summed E-state index contributed by atoms with van der Waals surface area (Å²) in [5, 5.41) is 0. The number of aryl methyl sites for hydroxylation is 1. The van der Waals surface area contributed by atoms with Gasteiger partial charge in [0.15, 0.2) is 0 Å². The van der Waals surface area contributed by atoms with Crippen LogP contribution in [0.1, 0.15) is 34.8 Å². The number of imide groups is 1. The quantitative estimate of drug-likeness (QED) is 0.487. The second-order valence-corrected chi connectivity index (χ2v) is 8.14. The van der Waals surface area contributed by atoms with Crippen LogP contribution in [-0.2, 0) is 16.1 Å². The molecule has 3 aromatic carbocycles. The third-order valence-corrected chi connectivity index (χ3v) is 5.73. The van der Waals surface area contributed by atoms with Crippen LogP contribution in [0.25, 0.3) is 0 Å². The first-order valence-electron chi connectivity index (χ1n) is 11.1. The average molecular weight is 461 g/mol. The molecule has 0 saturated carbocycles. The van der Waals surface area contributed by atoms with Crippen molar-refractivity contribution in [1.82, 2.24) is 4.90 Å². The fraction of sp³-hybridized carbons (Fsp3) is 0.222. The van der Waals surface area contributed by atoms with Gasteiger partial charge in [-0.1, -0.05) is 29.8 Å². The largest absolute Gasteiger partial charge is 0.494 e. The van der Waals surface area contributed by atoms with Crippen molar-refractivity contribution in [1.29, 1.82) is 0 Å². The number of rotatable bonds is 7. The van der Waals surface area contributed by atoms with Gasteiger partial charge in [-0.3, -0.25) is 14.4 Å². The molecule has 6 nitrogen and oxygen atoms in total. The van der Waals surface area contributed by atoms with Crippen LogP contribution < -0.4 is 9.64 Å². The molecular formula is C27H25FN2O4. The van der Waals surface area contributed by atoms with Crippen LogP contribution in [0.15, 0.2) is 72.8 Å². The molecule has 1 saturated heterocycles. The molecule has 0 N–H and O–H groups in total. The van der Waals surface area contributed by atoms with Gasteiger partial charge >= 0.3 is 0 Å². The van der Waals surface area contributed by atoms with Crippen molar-refractivity contribution in [2.75, 3.05) is 11.5 Å². The second kappa shape index (κ2) is 9.87. The lowest BCUT2D eigenvalue weighted by atomic mass is 10.1. The maximum Gasteiger partial charge on any atom is 0.257 e. The van der Waals surface area contributed by atoms with E-state index in [1.54, 1.807) is 24.3 Å². The number of anilines is 1. The molecule has 7 heteroatoms. The maximum atomic E-state index is 13.4. The first-order chi connectivity index (χ1) is 16.4. The van der Waals surface area contributed by atoms with Crippen molar-refractivity contribution < 1.29 is 23.5 Å². The third-order valence-electron chi connectivity index (χ3n) is 5.73. The van der Waals surface area contributed by atoms with Crippen LogP contribution in [0.4, 0.5) is 10.1 Å². The van der Waals surface area contributed by atoms with Gasteiger partial charge in [0, 0.05) is 12.1 Å². The molecule has 4 rings (SSSR count). The number of benzene rings is 3. The normalized spacial score (nSPS) is 15.5. The van der Waals surface area contributed by atoms with Crippen molar-refractivity contribution in [3.63, 3.8) is 0 Å². The molecule has 0 aliphatic carbocycles. The minimum Gasteiger partial charge on any atom is -0.494 e. The lowest BCUT2D eigenvalue weighted by Crippen LogP contribution is -2.45. The molecule has 3 amide bonds. The van der Waals surface area contributed by atoms with Crippen LogP contribution in [0.3, 0.4) is 0 Å². The molecular weight excluding hydrogens is 435 g/mol. The smallest absolute Gasteiger partial charge is 0.257 e. The van der Waals surface area contributed by atoms with Gasteiger partial charge in [-0.2, -0.15) is 0 Å². The first-order valence-corrected chi connectivity index (χ1v) is 11.1. The maximum absolute atomic E-state index is 13.4. The van der Waals surface area contributed by atoms with E-state index in [2.05, 4.69) is 0 Å². The Labute approximate surface area is 197 Å². The highest BCUT2D eigenvalue weighted by molar-refractivity contribution is 6.23. The summed E-state index contributed by atoms with van der Waals surface area (Å²) in [4.78, 5) is 42.3. The van der Waals surface area contributed by atoms with Gasteiger partial charge in [-0.15, -0.1) is 0 Å². The summed E-state index contributed by atoms with van der Waals surface area (Å²) in [6.45, 7) is 4.46. The van der Waals surface area contributed by atoms with E-state index in [9.17, 15) is 18.8 Å². The lowest BCUT2D eigenvalue weighted by Gasteiger charge is -2.28. The van der Waals surface area contributed by atoms with Crippen molar-refractivity contribution in [2.45, 2.75) is 32.9 Å². The number of halogens is 1. The molecule has 1 aliphatic heterocycles. The zero-order chi connectivity index (χ0) is 24.2. The number of ether oxygens (including phenoxy) is 1. The summed E-state index contributed by atoms with van der Waals surface area (Å²) in [5.74, 6) is -1.14. The molecule has 0 spiro atoms. The Morgan fingerprint density at radius 2 is 1.65 bits per heavy atom. The lowest BCUT2D eigenvalue weighted by molar-refractivity contribution is -0.122. The van der Waals surface area contributed by atoms with Gasteiger partial charge in [0.25, 0.3) is 11.8 Å². The van der Waals surface area contributed by atoms with Crippen molar-refractivity contribution in [2.24, 2.45) is 0 Å². The van der Waals surface area contributed by atoms with Crippen LogP contribution in [0.2, 0.25) is 0 Å². The Balaban J connectivity index is 1.65. The molecule has 34 heavy (non-hydrogen) atoms. The number of carbonyl (C=O) groups is 3. The monoisotopic (exact) mass is 460 g/mol. The van der Waals surface area contributed by atoms with Gasteiger partial charge < -0.3 is 9.64 Å². The molecule has 1 heterocycles. The summed E-state index contributed by atoms with van der Waals surface area (Å²) in [6.07, 6.45) is -0.134. The third kappa shape index (κ3) is 4.83. The Bertz CT molecular complexity index is 1190. The highest BCUT2D eigenvalue weighted by atomic mass is 19.1. The Morgan fingerprint density at radius 3 is 2.26 bits per heavy atom. The summed E-state index contributed by atoms with van der Waals surface area (Å²) in [5.41, 5.74) is 2.55. The SMILES string of the molecule is CCOc1ccc(N2C(=O)CC(N(Cc3ccc(C)cc3)C(=O)c3ccc(F)cc3)C2=O)cc1. The summed E-state index contributed by atoms with van der Waals surface area (Å²) in [7, 11) is 0. The zero-order valence-electron chi connectivity index (χ0n) is 19.0. The van der Waals surface area contributed by atoms with E-state index in [0.717, 1.165) is 16.0 Å². The van der Waals surface area contributed by atoms with Gasteiger partial charge in [0.05, 0.1) is 18.7 Å². The van der Waals surface area contributed by atoms with Crippen LogP contribution in [0.5, 0.6) is 5.75 Å². The van der Waals surface area contributed by atoms with E-state index in [1.807, 2.05) is 38.1 Å². The highest BCUT2D eigenvalue weighted by Gasteiger charge is 2.44. The second-order valence-electron chi connectivity index (χ2n) is 8.14. The molecule has 1 unspecified atom stereocenters. The van der Waals surface area contributed by atoms with Gasteiger partial charge in [-0.05, 0) is 67.9 Å². The highest BCUT2D eigenvalue weighted by Crippen LogP contribution is 2.29. The van der Waals surface area contributed by atoms with E-state index in [1.165, 1.54) is 29.2 Å². The van der Waals surface area contributed by atoms with E-state index in [0.29, 0.717) is 18.0 Å². The van der Waals surface area contributed by atoms with E-state index < -0.39 is 23.7 Å². The molecule has 174 valence electrons. The molecule has 1 aliphatic rings. The molecule has 0 radical (unpaired) electrons. The molecule has 1 fully saturated rings. The summed E-state index contributed by atoms with van der Waals surface area (Å²) < 4.78 is 18.9. The predicted octanol–water partition coefficient (Wildman–Crippen LogP) is 4.51. The molecule has 3 aromatic rings. The van der Waals surface area contributed by atoms with Crippen molar-refractivity contribution in [3.8, 4) is 5.75 Å². The number of amides is 3. The zero-order valence-corrected chi connectivity index (χ0v) is 19.0. The van der Waals surface area contributed by atoms with Crippen LogP contribution >= 0.6 is 0 Å². The predicted molar refractivity (Wildman–Crippen MR) is 126 cm³/mol.